The Morgan fingerprint density at radius 1 is 0.862 bits per heavy atom. The summed E-state index contributed by atoms with van der Waals surface area (Å²) in [6.07, 6.45) is 0. The van der Waals surface area contributed by atoms with Crippen LogP contribution < -0.4 is 5.32 Å². The second kappa shape index (κ2) is 8.25. The van der Waals surface area contributed by atoms with E-state index >= 15 is 0 Å². The van der Waals surface area contributed by atoms with Gasteiger partial charge in [-0.25, -0.2) is 9.67 Å². The van der Waals surface area contributed by atoms with Gasteiger partial charge in [0.05, 0.1) is 15.7 Å². The zero-order valence-corrected chi connectivity index (χ0v) is 17.1. The van der Waals surface area contributed by atoms with Crippen molar-refractivity contribution in [3.05, 3.63) is 93.7 Å². The van der Waals surface area contributed by atoms with Gasteiger partial charge in [0.25, 0.3) is 5.91 Å². The van der Waals surface area contributed by atoms with E-state index in [1.165, 1.54) is 0 Å². The fourth-order valence-electron chi connectivity index (χ4n) is 2.70. The third kappa shape index (κ3) is 4.27. The molecule has 144 valence electrons. The molecule has 4 aromatic rings. The summed E-state index contributed by atoms with van der Waals surface area (Å²) in [5.74, 6) is 0.0633. The molecule has 0 fully saturated rings. The summed E-state index contributed by atoms with van der Waals surface area (Å²) in [5, 5.41) is 8.58. The van der Waals surface area contributed by atoms with E-state index in [1.54, 1.807) is 59.3 Å². The predicted octanol–water partition coefficient (Wildman–Crippen LogP) is 6.15. The first kappa shape index (κ1) is 19.5. The topological polar surface area (TPSA) is 59.8 Å². The van der Waals surface area contributed by atoms with Crippen LogP contribution in [0.3, 0.4) is 0 Å². The number of aromatic nitrogens is 3. The van der Waals surface area contributed by atoms with E-state index in [9.17, 15) is 4.79 Å². The number of anilines is 1. The van der Waals surface area contributed by atoms with E-state index in [0.717, 1.165) is 5.56 Å². The Morgan fingerprint density at radius 3 is 2.28 bits per heavy atom. The summed E-state index contributed by atoms with van der Waals surface area (Å²) >= 11 is 18.2. The molecule has 0 saturated carbocycles. The maximum atomic E-state index is 12.7. The number of nitrogens with zero attached hydrogens (tertiary/aromatic N) is 3. The molecule has 1 heterocycles. The second-order valence-electron chi connectivity index (χ2n) is 6.10. The third-order valence-electron chi connectivity index (χ3n) is 4.09. The molecule has 0 aliphatic carbocycles. The highest BCUT2D eigenvalue weighted by Gasteiger charge is 2.19. The van der Waals surface area contributed by atoms with Crippen LogP contribution in [-0.4, -0.2) is 20.7 Å². The van der Waals surface area contributed by atoms with Crippen LogP contribution in [0.15, 0.2) is 72.8 Å². The van der Waals surface area contributed by atoms with Crippen molar-refractivity contribution in [2.24, 2.45) is 0 Å². The first-order valence-corrected chi connectivity index (χ1v) is 9.69. The summed E-state index contributed by atoms with van der Waals surface area (Å²) in [6.45, 7) is 0. The monoisotopic (exact) mass is 442 g/mol. The molecule has 4 rings (SSSR count). The van der Waals surface area contributed by atoms with Gasteiger partial charge >= 0.3 is 0 Å². The van der Waals surface area contributed by atoms with Crippen LogP contribution in [0.1, 0.15) is 10.6 Å². The summed E-state index contributed by atoms with van der Waals surface area (Å²) in [4.78, 5) is 17.2. The van der Waals surface area contributed by atoms with Crippen LogP contribution in [0.4, 0.5) is 5.69 Å². The second-order valence-corrected chi connectivity index (χ2v) is 7.35. The highest BCUT2D eigenvalue weighted by molar-refractivity contribution is 6.42. The van der Waals surface area contributed by atoms with Gasteiger partial charge in [-0.2, -0.15) is 0 Å². The van der Waals surface area contributed by atoms with Crippen LogP contribution in [0.2, 0.25) is 15.1 Å². The summed E-state index contributed by atoms with van der Waals surface area (Å²) in [6, 6.07) is 21.3. The number of para-hydroxylation sites is 1. The first-order chi connectivity index (χ1) is 14.0. The van der Waals surface area contributed by atoms with Gasteiger partial charge < -0.3 is 5.32 Å². The molecule has 0 aliphatic heterocycles. The Morgan fingerprint density at radius 2 is 1.59 bits per heavy atom. The van der Waals surface area contributed by atoms with Gasteiger partial charge in [0, 0.05) is 16.3 Å². The van der Waals surface area contributed by atoms with Gasteiger partial charge in [0.1, 0.15) is 0 Å². The van der Waals surface area contributed by atoms with E-state index in [2.05, 4.69) is 15.4 Å². The van der Waals surface area contributed by atoms with Gasteiger partial charge in [0.15, 0.2) is 5.82 Å². The Hall–Kier alpha value is -2.86. The molecule has 0 unspecified atom stereocenters. The average Bonchev–Trinajstić information content (AvgIpc) is 3.17. The molecule has 0 radical (unpaired) electrons. The van der Waals surface area contributed by atoms with Crippen molar-refractivity contribution in [2.45, 2.75) is 0 Å². The smallest absolute Gasteiger partial charge is 0.295 e. The molecular formula is C21H13Cl3N4O. The number of hydrogen-bond acceptors (Lipinski definition) is 3. The quantitative estimate of drug-likeness (QED) is 0.412. The first-order valence-electron chi connectivity index (χ1n) is 8.56. The number of hydrogen-bond donors (Lipinski definition) is 1. The molecule has 8 heteroatoms. The van der Waals surface area contributed by atoms with E-state index in [-0.39, 0.29) is 5.82 Å². The number of amides is 1. The van der Waals surface area contributed by atoms with E-state index in [0.29, 0.717) is 32.3 Å². The highest BCUT2D eigenvalue weighted by Crippen LogP contribution is 2.28. The molecule has 1 N–H and O–H groups in total. The maximum absolute atomic E-state index is 12.7. The van der Waals surface area contributed by atoms with Crippen LogP contribution in [0, 0.1) is 0 Å². The minimum atomic E-state index is -0.426. The molecule has 0 aliphatic rings. The van der Waals surface area contributed by atoms with E-state index < -0.39 is 5.91 Å². The molecule has 1 aromatic heterocycles. The maximum Gasteiger partial charge on any atom is 0.295 e. The summed E-state index contributed by atoms with van der Waals surface area (Å²) < 4.78 is 1.55. The zero-order chi connectivity index (χ0) is 20.4. The van der Waals surface area contributed by atoms with Crippen molar-refractivity contribution >= 4 is 46.4 Å². The lowest BCUT2D eigenvalue weighted by molar-refractivity contribution is 0.101. The lowest BCUT2D eigenvalue weighted by atomic mass is 10.2. The number of benzene rings is 3. The Balaban J connectivity index is 1.78. The number of nitrogens with one attached hydrogen (secondary N) is 1. The standard InChI is InChI=1S/C21H13Cl3N4O/c22-14-8-6-13(7-9-14)20-26-19(21(29)25-15-4-2-1-3-5-15)27-28(20)16-10-11-17(23)18(24)12-16/h1-12H,(H,25,29). The van der Waals surface area contributed by atoms with Gasteiger partial charge in [-0.3, -0.25) is 4.79 Å². The van der Waals surface area contributed by atoms with E-state index in [4.69, 9.17) is 34.8 Å². The Kier molecular flexibility index (Phi) is 5.53. The Labute approximate surface area is 181 Å². The molecule has 0 atom stereocenters. The van der Waals surface area contributed by atoms with Gasteiger partial charge in [0.2, 0.25) is 5.82 Å². The largest absolute Gasteiger partial charge is 0.319 e. The molecule has 1 amide bonds. The number of halogens is 3. The van der Waals surface area contributed by atoms with Crippen molar-refractivity contribution in [3.8, 4) is 17.1 Å². The fourth-order valence-corrected chi connectivity index (χ4v) is 3.12. The molecule has 3 aromatic carbocycles. The van der Waals surface area contributed by atoms with Crippen LogP contribution in [0.5, 0.6) is 0 Å². The van der Waals surface area contributed by atoms with Crippen LogP contribution in [0.25, 0.3) is 17.1 Å². The minimum Gasteiger partial charge on any atom is -0.319 e. The molecular weight excluding hydrogens is 431 g/mol. The van der Waals surface area contributed by atoms with Crippen LogP contribution in [-0.2, 0) is 0 Å². The molecule has 5 nitrogen and oxygen atoms in total. The Bertz CT molecular complexity index is 1170. The van der Waals surface area contributed by atoms with Gasteiger partial charge in [-0.1, -0.05) is 53.0 Å². The van der Waals surface area contributed by atoms with Crippen LogP contribution >= 0.6 is 34.8 Å². The molecule has 29 heavy (non-hydrogen) atoms. The van der Waals surface area contributed by atoms with Gasteiger partial charge in [-0.15, -0.1) is 5.10 Å². The lowest BCUT2D eigenvalue weighted by Crippen LogP contribution is -2.14. The van der Waals surface area contributed by atoms with Crippen molar-refractivity contribution in [1.29, 1.82) is 0 Å². The molecule has 0 saturated heterocycles. The van der Waals surface area contributed by atoms with Crippen molar-refractivity contribution in [1.82, 2.24) is 14.8 Å². The predicted molar refractivity (Wildman–Crippen MR) is 116 cm³/mol. The number of carbonyl (C=O) groups excluding carboxylic acids is 1. The molecule has 0 bridgehead atoms. The third-order valence-corrected chi connectivity index (χ3v) is 5.08. The molecule has 0 spiro atoms. The summed E-state index contributed by atoms with van der Waals surface area (Å²) in [7, 11) is 0. The average molecular weight is 444 g/mol. The number of rotatable bonds is 4. The van der Waals surface area contributed by atoms with Gasteiger partial charge in [-0.05, 0) is 54.6 Å². The minimum absolute atomic E-state index is 0.0184. The lowest BCUT2D eigenvalue weighted by Gasteiger charge is -2.07. The normalized spacial score (nSPS) is 10.7. The summed E-state index contributed by atoms with van der Waals surface area (Å²) in [5.41, 5.74) is 2.01. The SMILES string of the molecule is O=C(Nc1ccccc1)c1nc(-c2ccc(Cl)cc2)n(-c2ccc(Cl)c(Cl)c2)n1. The highest BCUT2D eigenvalue weighted by atomic mass is 35.5. The van der Waals surface area contributed by atoms with Crippen molar-refractivity contribution < 1.29 is 4.79 Å². The van der Waals surface area contributed by atoms with Crippen molar-refractivity contribution in [3.63, 3.8) is 0 Å². The zero-order valence-electron chi connectivity index (χ0n) is 14.8. The van der Waals surface area contributed by atoms with E-state index in [1.807, 2.05) is 18.2 Å². The van der Waals surface area contributed by atoms with Crippen molar-refractivity contribution in [2.75, 3.05) is 5.32 Å². The fraction of sp³-hybridized carbons (Fsp3) is 0. The number of carbonyl (C=O) groups is 1.